The average molecular weight is 703 g/mol. The number of carbonyl (C=O) groups is 4. The second-order valence-electron chi connectivity index (χ2n) is 11.1. The molecule has 14 heteroatoms. The van der Waals surface area contributed by atoms with Gasteiger partial charge in [-0.2, -0.15) is 0 Å². The molecule has 0 aliphatic heterocycles. The van der Waals surface area contributed by atoms with E-state index in [1.807, 2.05) is 6.92 Å². The number of nitrogens with two attached hydrogens (primary N) is 1. The summed E-state index contributed by atoms with van der Waals surface area (Å²) in [5, 5.41) is 49.4. The molecule has 7 N–H and O–H groups in total. The highest BCUT2D eigenvalue weighted by atomic mass is 35.5. The maximum atomic E-state index is 12.6. The van der Waals surface area contributed by atoms with E-state index in [0.29, 0.717) is 12.8 Å². The Kier molecular flexibility index (Phi) is 19.2. The summed E-state index contributed by atoms with van der Waals surface area (Å²) >= 11 is 12.5. The molecular weight excluding hydrogens is 657 g/mol. The number of alkyl halides is 1. The zero-order chi connectivity index (χ0) is 35.7. The number of esters is 1. The van der Waals surface area contributed by atoms with Crippen LogP contribution in [0.5, 0.6) is 0 Å². The van der Waals surface area contributed by atoms with Crippen molar-refractivity contribution in [1.29, 1.82) is 0 Å². The number of carbonyl (C=O) groups excluding carboxylic acids is 3. The van der Waals surface area contributed by atoms with Crippen molar-refractivity contribution in [2.45, 2.75) is 94.9 Å². The number of carboxylic acids is 1. The smallest absolute Gasteiger partial charge is 0.405 e. The molecule has 9 atom stereocenters. The molecule has 262 valence electrons. The molecule has 0 radical (unpaired) electrons. The second kappa shape index (κ2) is 21.6. The van der Waals surface area contributed by atoms with Crippen molar-refractivity contribution in [3.8, 4) is 0 Å². The topological polar surface area (TPSA) is 214 Å². The van der Waals surface area contributed by atoms with Gasteiger partial charge in [0, 0.05) is 29.9 Å². The van der Waals surface area contributed by atoms with E-state index in [1.54, 1.807) is 43.4 Å². The highest BCUT2D eigenvalue weighted by molar-refractivity contribution is 6.30. The van der Waals surface area contributed by atoms with Gasteiger partial charge in [0.15, 0.2) is 5.78 Å². The van der Waals surface area contributed by atoms with Crippen LogP contribution in [0.1, 0.15) is 52.9 Å². The van der Waals surface area contributed by atoms with Gasteiger partial charge in [0.1, 0.15) is 23.7 Å². The van der Waals surface area contributed by atoms with Gasteiger partial charge >= 0.3 is 18.0 Å². The van der Waals surface area contributed by atoms with Crippen molar-refractivity contribution in [3.05, 3.63) is 71.4 Å². The number of allylic oxidation sites excluding steroid dienone is 9. The lowest BCUT2D eigenvalue weighted by atomic mass is 9.85. The highest BCUT2D eigenvalue weighted by Crippen LogP contribution is 2.27. The average Bonchev–Trinajstić information content (AvgIpc) is 3.02. The number of ketones is 1. The Labute approximate surface area is 284 Å². The highest BCUT2D eigenvalue weighted by Gasteiger charge is 2.36. The summed E-state index contributed by atoms with van der Waals surface area (Å²) in [5.74, 6) is -4.10. The summed E-state index contributed by atoms with van der Waals surface area (Å²) in [6.07, 6.45) is 6.95. The number of halogens is 2. The molecule has 0 spiro atoms. The van der Waals surface area contributed by atoms with Crippen molar-refractivity contribution in [3.63, 3.8) is 0 Å². The van der Waals surface area contributed by atoms with Crippen LogP contribution in [-0.4, -0.2) is 91.3 Å². The maximum Gasteiger partial charge on any atom is 0.405 e. The number of hydrogen-bond donors (Lipinski definition) is 6. The van der Waals surface area contributed by atoms with Crippen LogP contribution in [0.4, 0.5) is 4.79 Å². The molecule has 1 fully saturated rings. The van der Waals surface area contributed by atoms with E-state index in [2.05, 4.69) is 0 Å². The summed E-state index contributed by atoms with van der Waals surface area (Å²) in [5.41, 5.74) is 5.83. The number of aliphatic hydroxyl groups is 4. The van der Waals surface area contributed by atoms with Crippen LogP contribution in [0.2, 0.25) is 0 Å². The van der Waals surface area contributed by atoms with E-state index >= 15 is 0 Å². The predicted octanol–water partition coefficient (Wildman–Crippen LogP) is 3.60. The molecular formula is C33H45Cl2NO11. The maximum absolute atomic E-state index is 12.6. The lowest BCUT2D eigenvalue weighted by Gasteiger charge is -2.30. The van der Waals surface area contributed by atoms with E-state index in [9.17, 15) is 39.6 Å². The summed E-state index contributed by atoms with van der Waals surface area (Å²) in [6.45, 7) is 5.12. The van der Waals surface area contributed by atoms with Crippen LogP contribution in [0, 0.1) is 11.8 Å². The number of aliphatic carboxylic acids is 1. The Hall–Kier alpha value is -3.26. The summed E-state index contributed by atoms with van der Waals surface area (Å²) in [6, 6.07) is 0. The molecule has 0 aromatic carbocycles. The predicted molar refractivity (Wildman–Crippen MR) is 176 cm³/mol. The Balaban J connectivity index is 2.66. The number of primary amides is 1. The fraction of sp³-hybridized carbons (Fsp3) is 0.515. The van der Waals surface area contributed by atoms with E-state index in [4.69, 9.17) is 43.5 Å². The van der Waals surface area contributed by atoms with Crippen LogP contribution in [-0.2, 0) is 23.9 Å². The molecule has 47 heavy (non-hydrogen) atoms. The van der Waals surface area contributed by atoms with Crippen molar-refractivity contribution in [1.82, 2.24) is 0 Å². The molecule has 6 unspecified atom stereocenters. The molecule has 1 saturated carbocycles. The fourth-order valence-electron chi connectivity index (χ4n) is 4.46. The third kappa shape index (κ3) is 15.5. The Morgan fingerprint density at radius 3 is 2.28 bits per heavy atom. The van der Waals surface area contributed by atoms with Gasteiger partial charge in [0.25, 0.3) is 0 Å². The number of hydrogen-bond acceptors (Lipinski definition) is 10. The summed E-state index contributed by atoms with van der Waals surface area (Å²) in [7, 11) is 0. The summed E-state index contributed by atoms with van der Waals surface area (Å²) in [4.78, 5) is 47.0. The minimum Gasteiger partial charge on any atom is -0.481 e. The quantitative estimate of drug-likeness (QED) is 0.0399. The lowest BCUT2D eigenvalue weighted by molar-refractivity contribution is -0.159. The zero-order valence-electron chi connectivity index (χ0n) is 26.5. The van der Waals surface area contributed by atoms with Crippen LogP contribution in [0.3, 0.4) is 0 Å². The first kappa shape index (κ1) is 41.8. The van der Waals surface area contributed by atoms with E-state index in [1.165, 1.54) is 31.2 Å². The number of carboxylic acid groups (broad SMARTS) is 1. The largest absolute Gasteiger partial charge is 0.481 e. The van der Waals surface area contributed by atoms with Crippen molar-refractivity contribution in [2.24, 2.45) is 17.6 Å². The number of Topliss-reactive ketones (excluding diaryl/α,β-unsaturated/α-hetero) is 1. The van der Waals surface area contributed by atoms with Gasteiger partial charge in [-0.3, -0.25) is 9.59 Å². The van der Waals surface area contributed by atoms with Gasteiger partial charge in [-0.05, 0) is 38.3 Å². The van der Waals surface area contributed by atoms with Gasteiger partial charge in [-0.1, -0.05) is 73.6 Å². The fourth-order valence-corrected chi connectivity index (χ4v) is 4.88. The zero-order valence-corrected chi connectivity index (χ0v) is 28.0. The van der Waals surface area contributed by atoms with E-state index in [0.717, 1.165) is 5.57 Å². The van der Waals surface area contributed by atoms with Crippen molar-refractivity contribution >= 4 is 47.0 Å². The van der Waals surface area contributed by atoms with E-state index in [-0.39, 0.29) is 17.9 Å². The molecule has 0 aromatic heterocycles. The summed E-state index contributed by atoms with van der Waals surface area (Å²) < 4.78 is 10.1. The van der Waals surface area contributed by atoms with Gasteiger partial charge < -0.3 is 40.7 Å². The Morgan fingerprint density at radius 2 is 1.66 bits per heavy atom. The molecule has 0 saturated heterocycles. The number of amides is 1. The van der Waals surface area contributed by atoms with Gasteiger partial charge in [-0.15, -0.1) is 11.6 Å². The Bertz CT molecular complexity index is 1240. The molecule has 1 aliphatic carbocycles. The molecule has 0 heterocycles. The molecule has 1 aliphatic rings. The first-order chi connectivity index (χ1) is 22.1. The first-order valence-electron chi connectivity index (χ1n) is 15.1. The molecule has 1 rings (SSSR count). The van der Waals surface area contributed by atoms with Crippen molar-refractivity contribution < 1.29 is 54.2 Å². The number of aliphatic hydroxyl groups excluding tert-OH is 4. The monoisotopic (exact) mass is 701 g/mol. The molecule has 1 amide bonds. The van der Waals surface area contributed by atoms with E-state index < -0.39 is 84.1 Å². The molecule has 12 nitrogen and oxygen atoms in total. The van der Waals surface area contributed by atoms with Crippen LogP contribution in [0.25, 0.3) is 0 Å². The van der Waals surface area contributed by atoms with Crippen molar-refractivity contribution in [2.75, 3.05) is 0 Å². The third-order valence-electron chi connectivity index (χ3n) is 7.31. The third-order valence-corrected chi connectivity index (χ3v) is 8.32. The molecule has 0 aromatic rings. The number of ether oxygens (including phenoxy) is 2. The van der Waals surface area contributed by atoms with Gasteiger partial charge in [0.05, 0.1) is 24.2 Å². The SMILES string of the molecule is CC/C=C/C(OC(N)=O)C(Cl)C(O)CC(=O)C(O)C(O)C(C)/C(Cl)=C/C=C/C=C(C)/C=C/C=C/C(=O)O[C@H]1C[C@H](C(=O)O)CC[C@H]1O. The second-order valence-corrected chi connectivity index (χ2v) is 12.0. The normalized spacial score (nSPS) is 23.5. The van der Waals surface area contributed by atoms with Gasteiger partial charge in [0.2, 0.25) is 0 Å². The van der Waals surface area contributed by atoms with Crippen LogP contribution < -0.4 is 5.73 Å². The van der Waals surface area contributed by atoms with Crippen LogP contribution in [0.15, 0.2) is 71.4 Å². The lowest BCUT2D eigenvalue weighted by Crippen LogP contribution is -2.43. The minimum atomic E-state index is -1.89. The standard InChI is InChI=1S/C33H45Cl2NO11/c1-4-5-13-26(47-33(36)45)29(35)24(38)18-25(39)31(42)30(41)20(3)22(34)12-8-6-10-19(2)11-7-9-14-28(40)46-27-17-21(32(43)44)15-16-23(27)37/h5-14,20-21,23-24,26-27,29-31,37-38,41-42H,4,15-18H2,1-3H3,(H2,36,45)(H,43,44)/b8-6+,11-7+,13-5+,14-9+,19-10+,22-12-/t20?,21-,23-,24?,26?,27+,29?,30?,31?/m1/s1. The van der Waals surface area contributed by atoms with Crippen LogP contribution >= 0.6 is 23.2 Å². The first-order valence-corrected chi connectivity index (χ1v) is 15.9. The van der Waals surface area contributed by atoms with Gasteiger partial charge in [-0.25, -0.2) is 9.59 Å². The minimum absolute atomic E-state index is 0.0584. The Morgan fingerprint density at radius 1 is 1.02 bits per heavy atom. The molecule has 0 bridgehead atoms. The number of rotatable bonds is 18.